The number of nitrogens with one attached hydrogen (secondary N) is 2. The van der Waals surface area contributed by atoms with Crippen molar-refractivity contribution in [2.24, 2.45) is 16.8 Å². The fourth-order valence-corrected chi connectivity index (χ4v) is 3.82. The number of rotatable bonds is 12. The average molecular weight is 417 g/mol. The predicted octanol–water partition coefficient (Wildman–Crippen LogP) is 3.08. The molecular formula is C24H40N4O2. The van der Waals surface area contributed by atoms with E-state index in [4.69, 9.17) is 9.73 Å². The molecule has 6 nitrogen and oxygen atoms in total. The average Bonchev–Trinajstić information content (AvgIpc) is 3.10. The van der Waals surface area contributed by atoms with E-state index in [-0.39, 0.29) is 17.9 Å². The van der Waals surface area contributed by atoms with Crippen molar-refractivity contribution in [1.82, 2.24) is 15.5 Å². The van der Waals surface area contributed by atoms with Gasteiger partial charge in [-0.05, 0) is 38.2 Å². The van der Waals surface area contributed by atoms with Crippen LogP contribution < -0.4 is 10.6 Å². The molecule has 1 fully saturated rings. The molecule has 1 amide bonds. The van der Waals surface area contributed by atoms with E-state index in [0.717, 1.165) is 51.6 Å². The summed E-state index contributed by atoms with van der Waals surface area (Å²) in [6.07, 6.45) is 2.71. The Morgan fingerprint density at radius 3 is 2.67 bits per heavy atom. The lowest BCUT2D eigenvalue weighted by Crippen LogP contribution is -2.39. The van der Waals surface area contributed by atoms with Crippen LogP contribution in [0.4, 0.5) is 0 Å². The highest BCUT2D eigenvalue weighted by Gasteiger charge is 2.29. The van der Waals surface area contributed by atoms with Crippen molar-refractivity contribution >= 4 is 11.9 Å². The van der Waals surface area contributed by atoms with Gasteiger partial charge in [-0.2, -0.15) is 0 Å². The molecule has 30 heavy (non-hydrogen) atoms. The maximum atomic E-state index is 12.4. The maximum Gasteiger partial charge on any atom is 0.223 e. The van der Waals surface area contributed by atoms with E-state index in [9.17, 15) is 4.79 Å². The molecule has 0 aliphatic carbocycles. The topological polar surface area (TPSA) is 66.0 Å². The molecule has 0 aromatic heterocycles. The number of guanidine groups is 1. The van der Waals surface area contributed by atoms with E-state index in [1.807, 2.05) is 30.0 Å². The van der Waals surface area contributed by atoms with Gasteiger partial charge in [-0.1, -0.05) is 44.2 Å². The van der Waals surface area contributed by atoms with Crippen LogP contribution in [0.15, 0.2) is 35.3 Å². The molecule has 1 aromatic rings. The third kappa shape index (κ3) is 8.34. The Bertz CT molecular complexity index is 648. The number of hydrogen-bond donors (Lipinski definition) is 2. The van der Waals surface area contributed by atoms with Gasteiger partial charge in [0.2, 0.25) is 5.91 Å². The lowest BCUT2D eigenvalue weighted by Gasteiger charge is -2.21. The molecule has 1 aliphatic rings. The number of likely N-dealkylation sites (tertiary alicyclic amines) is 1. The molecule has 2 N–H and O–H groups in total. The lowest BCUT2D eigenvalue weighted by molar-refractivity contribution is -0.127. The van der Waals surface area contributed by atoms with E-state index < -0.39 is 0 Å². The summed E-state index contributed by atoms with van der Waals surface area (Å²) in [5.41, 5.74) is 1.28. The second-order valence-electron chi connectivity index (χ2n) is 8.32. The summed E-state index contributed by atoms with van der Waals surface area (Å²) in [6, 6.07) is 10.4. The second kappa shape index (κ2) is 13.3. The summed E-state index contributed by atoms with van der Waals surface area (Å²) < 4.78 is 5.82. The molecule has 2 unspecified atom stereocenters. The van der Waals surface area contributed by atoms with Gasteiger partial charge in [0.15, 0.2) is 5.96 Å². The zero-order chi connectivity index (χ0) is 21.8. The van der Waals surface area contributed by atoms with Crippen molar-refractivity contribution < 1.29 is 9.53 Å². The predicted molar refractivity (Wildman–Crippen MR) is 124 cm³/mol. The third-order valence-electron chi connectivity index (χ3n) is 5.51. The van der Waals surface area contributed by atoms with Crippen molar-refractivity contribution in [1.29, 1.82) is 0 Å². The van der Waals surface area contributed by atoms with Crippen molar-refractivity contribution in [2.45, 2.75) is 53.1 Å². The summed E-state index contributed by atoms with van der Waals surface area (Å²) in [5.74, 6) is 1.86. The molecule has 2 atom stereocenters. The normalized spacial score (nSPS) is 18.2. The third-order valence-corrected chi connectivity index (χ3v) is 5.51. The number of carbonyl (C=O) groups excluding carboxylic acids is 1. The van der Waals surface area contributed by atoms with Gasteiger partial charge >= 0.3 is 0 Å². The molecule has 2 rings (SSSR count). The van der Waals surface area contributed by atoms with E-state index >= 15 is 0 Å². The van der Waals surface area contributed by atoms with E-state index in [1.54, 1.807) is 0 Å². The van der Waals surface area contributed by atoms with Crippen LogP contribution in [-0.2, 0) is 16.0 Å². The van der Waals surface area contributed by atoms with Gasteiger partial charge < -0.3 is 20.3 Å². The van der Waals surface area contributed by atoms with Gasteiger partial charge in [0, 0.05) is 51.7 Å². The molecule has 0 spiro atoms. The van der Waals surface area contributed by atoms with E-state index in [0.29, 0.717) is 18.9 Å². The van der Waals surface area contributed by atoms with Gasteiger partial charge in [-0.3, -0.25) is 9.79 Å². The summed E-state index contributed by atoms with van der Waals surface area (Å²) in [4.78, 5) is 19.1. The first-order chi connectivity index (χ1) is 14.5. The van der Waals surface area contributed by atoms with Crippen LogP contribution >= 0.6 is 0 Å². The van der Waals surface area contributed by atoms with Crippen molar-refractivity contribution in [2.75, 3.05) is 39.3 Å². The molecule has 168 valence electrons. The first-order valence-corrected chi connectivity index (χ1v) is 11.5. The van der Waals surface area contributed by atoms with Gasteiger partial charge in [0.25, 0.3) is 0 Å². The summed E-state index contributed by atoms with van der Waals surface area (Å²) in [5, 5.41) is 6.73. The van der Waals surface area contributed by atoms with Crippen LogP contribution in [0.1, 0.15) is 46.1 Å². The van der Waals surface area contributed by atoms with Crippen molar-refractivity contribution in [3.63, 3.8) is 0 Å². The molecule has 1 heterocycles. The smallest absolute Gasteiger partial charge is 0.223 e. The standard InChI is InChI=1S/C24H40N4O2/c1-5-25-24(26-14-12-22(19(3)4)30-6-2)27-17-21-16-23(29)28(18-21)15-13-20-10-8-7-9-11-20/h7-11,19,21-22H,5-6,12-18H2,1-4H3,(H2,25,26,27). The molecule has 1 aromatic carbocycles. The Labute approximate surface area is 182 Å². The minimum absolute atomic E-state index is 0.251. The fraction of sp³-hybridized carbons (Fsp3) is 0.667. The summed E-state index contributed by atoms with van der Waals surface area (Å²) >= 11 is 0. The Hall–Kier alpha value is -2.08. The highest BCUT2D eigenvalue weighted by Crippen LogP contribution is 2.18. The van der Waals surface area contributed by atoms with Crippen LogP contribution in [0.3, 0.4) is 0 Å². The number of amides is 1. The highest BCUT2D eigenvalue weighted by atomic mass is 16.5. The molecule has 1 saturated heterocycles. The van der Waals surface area contributed by atoms with Gasteiger partial charge in [0.05, 0.1) is 6.10 Å². The Morgan fingerprint density at radius 2 is 2.00 bits per heavy atom. The Balaban J connectivity index is 1.78. The minimum Gasteiger partial charge on any atom is -0.378 e. The van der Waals surface area contributed by atoms with Gasteiger partial charge in [-0.15, -0.1) is 0 Å². The summed E-state index contributed by atoms with van der Waals surface area (Å²) in [6.45, 7) is 13.1. The lowest BCUT2D eigenvalue weighted by atomic mass is 10.0. The quantitative estimate of drug-likeness (QED) is 0.406. The molecule has 1 aliphatic heterocycles. The molecule has 0 saturated carbocycles. The number of aliphatic imine (C=N–C) groups is 1. The number of nitrogens with zero attached hydrogens (tertiary/aromatic N) is 2. The second-order valence-corrected chi connectivity index (χ2v) is 8.32. The van der Waals surface area contributed by atoms with Crippen LogP contribution in [0.5, 0.6) is 0 Å². The highest BCUT2D eigenvalue weighted by molar-refractivity contribution is 5.80. The van der Waals surface area contributed by atoms with E-state index in [1.165, 1.54) is 5.56 Å². The monoisotopic (exact) mass is 416 g/mol. The SMILES string of the molecule is CCNC(=NCC1CC(=O)N(CCc2ccccc2)C1)NCCC(OCC)C(C)C. The van der Waals surface area contributed by atoms with Crippen LogP contribution in [0.2, 0.25) is 0 Å². The van der Waals surface area contributed by atoms with Crippen molar-refractivity contribution in [3.05, 3.63) is 35.9 Å². The molecule has 0 radical (unpaired) electrons. The van der Waals surface area contributed by atoms with Crippen LogP contribution in [0.25, 0.3) is 0 Å². The molecule has 0 bridgehead atoms. The summed E-state index contributed by atoms with van der Waals surface area (Å²) in [7, 11) is 0. The largest absolute Gasteiger partial charge is 0.378 e. The van der Waals surface area contributed by atoms with E-state index in [2.05, 4.69) is 43.5 Å². The first-order valence-electron chi connectivity index (χ1n) is 11.5. The van der Waals surface area contributed by atoms with Crippen LogP contribution in [0, 0.1) is 11.8 Å². The fourth-order valence-electron chi connectivity index (χ4n) is 3.82. The first kappa shape index (κ1) is 24.2. The van der Waals surface area contributed by atoms with Gasteiger partial charge in [0.1, 0.15) is 0 Å². The van der Waals surface area contributed by atoms with Crippen LogP contribution in [-0.4, -0.2) is 62.2 Å². The van der Waals surface area contributed by atoms with Gasteiger partial charge in [-0.25, -0.2) is 0 Å². The zero-order valence-corrected chi connectivity index (χ0v) is 19.2. The Kier molecular flexibility index (Phi) is 10.7. The molecule has 6 heteroatoms. The number of benzene rings is 1. The molecular weight excluding hydrogens is 376 g/mol. The number of carbonyl (C=O) groups is 1. The minimum atomic E-state index is 0.251. The maximum absolute atomic E-state index is 12.4. The number of ether oxygens (including phenoxy) is 1. The Morgan fingerprint density at radius 1 is 1.23 bits per heavy atom. The van der Waals surface area contributed by atoms with Crippen molar-refractivity contribution in [3.8, 4) is 0 Å². The zero-order valence-electron chi connectivity index (χ0n) is 19.2. The number of hydrogen-bond acceptors (Lipinski definition) is 3.